The molecule has 5 aliphatic rings. The molecule has 0 radical (unpaired) electrons. The predicted molar refractivity (Wildman–Crippen MR) is 121 cm³/mol. The normalized spacial score (nSPS) is 49.7. The molecule has 5 fully saturated rings. The molecule has 180 valence electrons. The predicted octanol–water partition coefficient (Wildman–Crippen LogP) is 5.15. The van der Waals surface area contributed by atoms with Crippen LogP contribution in [0.2, 0.25) is 0 Å². The fraction of sp³-hybridized carbons (Fsp3) is 0.926. The monoisotopic (exact) mass is 446 g/mol. The van der Waals surface area contributed by atoms with Crippen molar-refractivity contribution in [2.24, 2.45) is 46.3 Å². The number of fused-ring (bicyclic) bond motifs is 8. The molecule has 5 rings (SSSR count). The van der Waals surface area contributed by atoms with Gasteiger partial charge in [0.15, 0.2) is 0 Å². The van der Waals surface area contributed by atoms with Gasteiger partial charge in [0.2, 0.25) is 0 Å². The van der Waals surface area contributed by atoms with E-state index < -0.39 is 0 Å². The fourth-order valence-electron chi connectivity index (χ4n) is 9.46. The van der Waals surface area contributed by atoms with E-state index in [-0.39, 0.29) is 18.0 Å². The summed E-state index contributed by atoms with van der Waals surface area (Å²) in [5.41, 5.74) is 0.681. The number of carbonyl (C=O) groups is 2. The van der Waals surface area contributed by atoms with Gasteiger partial charge in [0, 0.05) is 13.3 Å². The van der Waals surface area contributed by atoms with Crippen LogP contribution in [-0.4, -0.2) is 37.4 Å². The molecule has 5 nitrogen and oxygen atoms in total. The lowest BCUT2D eigenvalue weighted by atomic mass is 9.44. The molecule has 0 aromatic heterocycles. The molecule has 0 aromatic rings. The first kappa shape index (κ1) is 22.7. The number of hydrogen-bond acceptors (Lipinski definition) is 5. The van der Waals surface area contributed by atoms with E-state index >= 15 is 0 Å². The third-order valence-corrected chi connectivity index (χ3v) is 11.0. The molecule has 0 spiro atoms. The molecule has 1 saturated heterocycles. The van der Waals surface area contributed by atoms with Gasteiger partial charge in [-0.25, -0.2) is 0 Å². The maximum atomic E-state index is 11.7. The molecule has 0 bridgehead atoms. The van der Waals surface area contributed by atoms with E-state index in [2.05, 4.69) is 20.8 Å². The van der Waals surface area contributed by atoms with E-state index in [0.29, 0.717) is 53.1 Å². The maximum absolute atomic E-state index is 11.7. The van der Waals surface area contributed by atoms with E-state index in [1.165, 1.54) is 39.7 Å². The highest BCUT2D eigenvalue weighted by Crippen LogP contribution is 2.71. The minimum Gasteiger partial charge on any atom is -0.469 e. The molecule has 4 saturated carbocycles. The molecule has 0 N–H and O–H groups in total. The highest BCUT2D eigenvalue weighted by atomic mass is 16.6. The number of methoxy groups -OCH3 is 1. The van der Waals surface area contributed by atoms with Gasteiger partial charge in [0.05, 0.1) is 19.3 Å². The lowest BCUT2D eigenvalue weighted by molar-refractivity contribution is -0.157. The summed E-state index contributed by atoms with van der Waals surface area (Å²) in [6, 6.07) is 0. The van der Waals surface area contributed by atoms with E-state index in [1.54, 1.807) is 0 Å². The quantitative estimate of drug-likeness (QED) is 0.431. The number of carbonyl (C=O) groups excluding carboxylic acids is 2. The van der Waals surface area contributed by atoms with E-state index in [4.69, 9.17) is 14.2 Å². The zero-order chi connectivity index (χ0) is 22.8. The first-order valence-electron chi connectivity index (χ1n) is 13.1. The van der Waals surface area contributed by atoms with Gasteiger partial charge in [-0.15, -0.1) is 0 Å². The minimum atomic E-state index is -0.146. The number of esters is 2. The Bertz CT molecular complexity index is 765. The SMILES string of the molecule is COC(=O)CC[C@@H](C)[C@H]1CC[C@H]2[C@@H]3[C@@H]4O[C@@H]4[C@@H]4C[C@H](OC(C)=O)CC[C@]4(C)[C@H]3CC[C@]12C. The Balaban J connectivity index is 1.32. The molecule has 0 aromatic carbocycles. The van der Waals surface area contributed by atoms with E-state index in [1.807, 2.05) is 0 Å². The molecule has 4 aliphatic carbocycles. The van der Waals surface area contributed by atoms with Crippen molar-refractivity contribution in [1.82, 2.24) is 0 Å². The Kier molecular flexibility index (Phi) is 5.66. The molecule has 1 aliphatic heterocycles. The minimum absolute atomic E-state index is 0.0763. The number of ether oxygens (including phenoxy) is 3. The van der Waals surface area contributed by atoms with Crippen molar-refractivity contribution in [3.8, 4) is 0 Å². The molecule has 1 heterocycles. The third-order valence-electron chi connectivity index (χ3n) is 11.0. The first-order valence-corrected chi connectivity index (χ1v) is 13.1. The lowest BCUT2D eigenvalue weighted by Crippen LogP contribution is -2.57. The van der Waals surface area contributed by atoms with Crippen LogP contribution in [0.25, 0.3) is 0 Å². The summed E-state index contributed by atoms with van der Waals surface area (Å²) >= 11 is 0. The zero-order valence-electron chi connectivity index (χ0n) is 20.6. The smallest absolute Gasteiger partial charge is 0.305 e. The molecule has 11 atom stereocenters. The Morgan fingerprint density at radius 3 is 2.44 bits per heavy atom. The zero-order valence-corrected chi connectivity index (χ0v) is 20.6. The van der Waals surface area contributed by atoms with Gasteiger partial charge in [-0.05, 0) is 97.7 Å². The molecule has 5 heteroatoms. The van der Waals surface area contributed by atoms with Crippen LogP contribution < -0.4 is 0 Å². The highest BCUT2D eigenvalue weighted by Gasteiger charge is 2.70. The first-order chi connectivity index (χ1) is 15.2. The average molecular weight is 447 g/mol. The number of rotatable bonds is 5. The Hall–Kier alpha value is -1.10. The van der Waals surface area contributed by atoms with Gasteiger partial charge >= 0.3 is 11.9 Å². The van der Waals surface area contributed by atoms with Crippen LogP contribution in [-0.2, 0) is 23.8 Å². The van der Waals surface area contributed by atoms with Gasteiger partial charge in [0.1, 0.15) is 6.10 Å². The fourth-order valence-corrected chi connectivity index (χ4v) is 9.46. The standard InChI is InChI=1S/C27H42O5/c1-15(6-9-22(29)30-5)18-7-8-19-23-20(11-13-26(18,19)3)27(4)12-10-17(31-16(2)28)14-21(27)24-25(23)32-24/h15,17-21,23-25H,6-14H2,1-5H3/t15-,17-,18-,19+,20+,21+,23+,24-,25+,26-,27-/m1/s1. The number of epoxide rings is 1. The van der Waals surface area contributed by atoms with Crippen LogP contribution in [0.1, 0.15) is 85.5 Å². The summed E-state index contributed by atoms with van der Waals surface area (Å²) in [5, 5.41) is 0. The van der Waals surface area contributed by atoms with Gasteiger partial charge in [0.25, 0.3) is 0 Å². The van der Waals surface area contributed by atoms with E-state index in [0.717, 1.165) is 37.5 Å². The van der Waals surface area contributed by atoms with Crippen molar-refractivity contribution in [1.29, 1.82) is 0 Å². The second-order valence-electron chi connectivity index (χ2n) is 12.3. The Morgan fingerprint density at radius 2 is 1.72 bits per heavy atom. The highest BCUT2D eigenvalue weighted by molar-refractivity contribution is 5.69. The summed E-state index contributed by atoms with van der Waals surface area (Å²) in [4.78, 5) is 23.3. The summed E-state index contributed by atoms with van der Waals surface area (Å²) in [6.07, 6.45) is 10.7. The Labute approximate surface area is 193 Å². The summed E-state index contributed by atoms with van der Waals surface area (Å²) in [7, 11) is 1.49. The van der Waals surface area contributed by atoms with Crippen LogP contribution in [0.4, 0.5) is 0 Å². The van der Waals surface area contributed by atoms with Crippen molar-refractivity contribution < 1.29 is 23.8 Å². The van der Waals surface area contributed by atoms with Crippen LogP contribution in [0.15, 0.2) is 0 Å². The van der Waals surface area contributed by atoms with Crippen molar-refractivity contribution in [2.45, 2.75) is 104 Å². The molecular weight excluding hydrogens is 404 g/mol. The summed E-state index contributed by atoms with van der Waals surface area (Å²) in [5.74, 6) is 3.72. The van der Waals surface area contributed by atoms with Crippen molar-refractivity contribution in [3.05, 3.63) is 0 Å². The van der Waals surface area contributed by atoms with Gasteiger partial charge in [-0.3, -0.25) is 9.59 Å². The third kappa shape index (κ3) is 3.44. The second kappa shape index (κ2) is 7.99. The van der Waals surface area contributed by atoms with Crippen molar-refractivity contribution >= 4 is 11.9 Å². The lowest BCUT2D eigenvalue weighted by Gasteiger charge is -2.59. The number of hydrogen-bond donors (Lipinski definition) is 0. The summed E-state index contributed by atoms with van der Waals surface area (Å²) < 4.78 is 17.0. The van der Waals surface area contributed by atoms with Crippen molar-refractivity contribution in [3.63, 3.8) is 0 Å². The van der Waals surface area contributed by atoms with Crippen LogP contribution in [0, 0.1) is 46.3 Å². The largest absolute Gasteiger partial charge is 0.469 e. The molecule has 0 unspecified atom stereocenters. The maximum Gasteiger partial charge on any atom is 0.305 e. The van der Waals surface area contributed by atoms with Gasteiger partial charge in [-0.2, -0.15) is 0 Å². The molecular formula is C27H42O5. The van der Waals surface area contributed by atoms with Crippen molar-refractivity contribution in [2.75, 3.05) is 7.11 Å². The van der Waals surface area contributed by atoms with Gasteiger partial charge in [-0.1, -0.05) is 20.8 Å². The van der Waals surface area contributed by atoms with Crippen LogP contribution in [0.3, 0.4) is 0 Å². The van der Waals surface area contributed by atoms with Gasteiger partial charge < -0.3 is 14.2 Å². The summed E-state index contributed by atoms with van der Waals surface area (Å²) in [6.45, 7) is 8.99. The molecule has 32 heavy (non-hydrogen) atoms. The van der Waals surface area contributed by atoms with E-state index in [9.17, 15) is 9.59 Å². The topological polar surface area (TPSA) is 65.1 Å². The Morgan fingerprint density at radius 1 is 1.00 bits per heavy atom. The average Bonchev–Trinajstić information content (AvgIpc) is 3.46. The van der Waals surface area contributed by atoms with Crippen LogP contribution >= 0.6 is 0 Å². The second-order valence-corrected chi connectivity index (χ2v) is 12.3. The van der Waals surface area contributed by atoms with Crippen LogP contribution in [0.5, 0.6) is 0 Å². The molecule has 0 amide bonds.